The summed E-state index contributed by atoms with van der Waals surface area (Å²) in [6, 6.07) is 33.2. The molecule has 0 bridgehead atoms. The van der Waals surface area contributed by atoms with Crippen molar-refractivity contribution in [2.45, 2.75) is 0 Å². The van der Waals surface area contributed by atoms with Gasteiger partial charge in [-0.2, -0.15) is 0 Å². The molecule has 0 aliphatic heterocycles. The number of para-hydroxylation sites is 3. The van der Waals surface area contributed by atoms with Crippen LogP contribution in [0.4, 0.5) is 0 Å². The van der Waals surface area contributed by atoms with E-state index in [1.54, 1.807) is 18.2 Å². The zero-order chi connectivity index (χ0) is 24.0. The first-order valence-electron chi connectivity index (χ1n) is 11.9. The number of carbonyl (C=O) groups is 1. The van der Waals surface area contributed by atoms with E-state index in [2.05, 4.69) is 28.8 Å². The zero-order valence-electron chi connectivity index (χ0n) is 19.0. The van der Waals surface area contributed by atoms with Gasteiger partial charge in [-0.15, -0.1) is 0 Å². The number of carbonyl (C=O) groups excluding carboxylic acids is 1. The number of benzene rings is 5. The zero-order valence-corrected chi connectivity index (χ0v) is 19.0. The topological polar surface area (TPSA) is 52.2 Å². The van der Waals surface area contributed by atoms with Crippen molar-refractivity contribution in [1.82, 2.24) is 4.57 Å². The fraction of sp³-hybridized carbons (Fsp3) is 0. The van der Waals surface area contributed by atoms with E-state index in [0.717, 1.165) is 38.6 Å². The highest BCUT2D eigenvalue weighted by atomic mass is 16.3. The van der Waals surface area contributed by atoms with Crippen LogP contribution in [0, 0.1) is 0 Å². The fourth-order valence-corrected chi connectivity index (χ4v) is 5.77. The molecule has 4 nitrogen and oxygen atoms in total. The van der Waals surface area contributed by atoms with Gasteiger partial charge in [0.2, 0.25) is 5.43 Å². The first-order valence-corrected chi connectivity index (χ1v) is 11.9. The van der Waals surface area contributed by atoms with Crippen molar-refractivity contribution in [3.05, 3.63) is 124 Å². The van der Waals surface area contributed by atoms with E-state index < -0.39 is 0 Å². The molecule has 0 saturated heterocycles. The van der Waals surface area contributed by atoms with Crippen LogP contribution < -0.4 is 5.43 Å². The molecule has 0 radical (unpaired) electrons. The third-order valence-electron chi connectivity index (χ3n) is 7.34. The van der Waals surface area contributed by atoms with Crippen molar-refractivity contribution < 1.29 is 9.21 Å². The lowest BCUT2D eigenvalue weighted by atomic mass is 10.0. The van der Waals surface area contributed by atoms with Gasteiger partial charge < -0.3 is 8.98 Å². The lowest BCUT2D eigenvalue weighted by Gasteiger charge is -2.12. The summed E-state index contributed by atoms with van der Waals surface area (Å²) >= 11 is 0. The van der Waals surface area contributed by atoms with E-state index >= 15 is 0 Å². The Morgan fingerprint density at radius 1 is 0.528 bits per heavy atom. The Balaban J connectivity index is 1.46. The molecule has 4 heteroatoms. The van der Waals surface area contributed by atoms with Crippen LogP contribution in [0.15, 0.2) is 112 Å². The third kappa shape index (κ3) is 2.38. The Morgan fingerprint density at radius 3 is 1.94 bits per heavy atom. The molecule has 0 atom stereocenters. The summed E-state index contributed by atoms with van der Waals surface area (Å²) in [6.45, 7) is 0. The van der Waals surface area contributed by atoms with Gasteiger partial charge in [-0.25, -0.2) is 0 Å². The van der Waals surface area contributed by atoms with Crippen LogP contribution in [0.3, 0.4) is 0 Å². The molecule has 1 aliphatic rings. The summed E-state index contributed by atoms with van der Waals surface area (Å²) in [5, 5.41) is 3.22. The van der Waals surface area contributed by atoms with Gasteiger partial charge >= 0.3 is 0 Å². The highest BCUT2D eigenvalue weighted by Gasteiger charge is 2.32. The normalized spacial score (nSPS) is 12.6. The van der Waals surface area contributed by atoms with E-state index in [9.17, 15) is 9.59 Å². The molecule has 0 saturated carbocycles. The molecule has 168 valence electrons. The second kappa shape index (κ2) is 6.80. The number of fused-ring (bicyclic) bond motifs is 8. The number of nitrogens with zero attached hydrogens (tertiary/aromatic N) is 1. The molecule has 0 N–H and O–H groups in total. The lowest BCUT2D eigenvalue weighted by Crippen LogP contribution is -2.05. The van der Waals surface area contributed by atoms with Gasteiger partial charge in [0, 0.05) is 16.3 Å². The van der Waals surface area contributed by atoms with Crippen molar-refractivity contribution in [1.29, 1.82) is 0 Å². The molecular weight excluding hydrogens is 446 g/mol. The SMILES string of the molecule is O=C1c2cc3c(=O)c4ccccc4oc3cc2-c2cccc(-n3c4ccccc4c4ccccc43)c21. The van der Waals surface area contributed by atoms with Crippen LogP contribution in [0.25, 0.3) is 60.6 Å². The minimum absolute atomic E-state index is 0.0769. The Hall–Kier alpha value is -4.96. The van der Waals surface area contributed by atoms with Gasteiger partial charge in [0.05, 0.1) is 33.1 Å². The second-order valence-corrected chi connectivity index (χ2v) is 9.22. The molecule has 8 rings (SSSR count). The van der Waals surface area contributed by atoms with Crippen LogP contribution >= 0.6 is 0 Å². The van der Waals surface area contributed by atoms with Gasteiger partial charge in [0.1, 0.15) is 11.2 Å². The summed E-state index contributed by atoms with van der Waals surface area (Å²) in [5.41, 5.74) is 6.66. The smallest absolute Gasteiger partial charge is 0.200 e. The Bertz CT molecular complexity index is 2090. The van der Waals surface area contributed by atoms with Gasteiger partial charge in [0.25, 0.3) is 0 Å². The number of hydrogen-bond acceptors (Lipinski definition) is 3. The summed E-state index contributed by atoms with van der Waals surface area (Å²) in [5.74, 6) is -0.0769. The highest BCUT2D eigenvalue weighted by molar-refractivity contribution is 6.25. The standard InChI is InChI=1S/C32H17NO3/c34-31-21-10-3-6-15-28(21)36-29-17-22-20-11-7-14-27(30(20)32(35)23(22)16-24(29)31)33-25-12-4-1-8-18(25)19-9-2-5-13-26(19)33/h1-17H. The minimum Gasteiger partial charge on any atom is -0.456 e. The average Bonchev–Trinajstić information content (AvgIpc) is 3.40. The number of aromatic nitrogens is 1. The summed E-state index contributed by atoms with van der Waals surface area (Å²) < 4.78 is 8.28. The molecule has 0 amide bonds. The van der Waals surface area contributed by atoms with E-state index in [-0.39, 0.29) is 11.2 Å². The number of ketones is 1. The second-order valence-electron chi connectivity index (χ2n) is 9.22. The van der Waals surface area contributed by atoms with Crippen LogP contribution in [0.2, 0.25) is 0 Å². The van der Waals surface area contributed by atoms with Crippen LogP contribution in [-0.2, 0) is 0 Å². The van der Waals surface area contributed by atoms with Crippen LogP contribution in [0.1, 0.15) is 15.9 Å². The number of rotatable bonds is 1. The van der Waals surface area contributed by atoms with E-state index in [4.69, 9.17) is 4.42 Å². The lowest BCUT2D eigenvalue weighted by molar-refractivity contribution is 0.104. The van der Waals surface area contributed by atoms with Crippen molar-refractivity contribution in [2.75, 3.05) is 0 Å². The summed E-state index contributed by atoms with van der Waals surface area (Å²) in [4.78, 5) is 27.2. The van der Waals surface area contributed by atoms with Gasteiger partial charge in [-0.05, 0) is 53.6 Å². The monoisotopic (exact) mass is 463 g/mol. The Morgan fingerprint density at radius 2 is 1.19 bits per heavy atom. The Labute approximate surface area is 204 Å². The summed E-state index contributed by atoms with van der Waals surface area (Å²) in [7, 11) is 0. The van der Waals surface area contributed by atoms with Crippen molar-refractivity contribution in [3.63, 3.8) is 0 Å². The van der Waals surface area contributed by atoms with E-state index in [0.29, 0.717) is 33.1 Å². The maximum atomic E-state index is 13.9. The van der Waals surface area contributed by atoms with Crippen molar-refractivity contribution in [2.24, 2.45) is 0 Å². The fourth-order valence-electron chi connectivity index (χ4n) is 5.77. The first kappa shape index (κ1) is 19.4. The van der Waals surface area contributed by atoms with Crippen LogP contribution in [-0.4, -0.2) is 10.4 Å². The van der Waals surface area contributed by atoms with Gasteiger partial charge in [0.15, 0.2) is 5.78 Å². The van der Waals surface area contributed by atoms with Gasteiger partial charge in [-0.1, -0.05) is 60.7 Å². The van der Waals surface area contributed by atoms with E-state index in [1.807, 2.05) is 60.7 Å². The molecule has 7 aromatic rings. The van der Waals surface area contributed by atoms with Crippen LogP contribution in [0.5, 0.6) is 0 Å². The molecule has 1 aliphatic carbocycles. The maximum Gasteiger partial charge on any atom is 0.200 e. The number of hydrogen-bond donors (Lipinski definition) is 0. The molecule has 2 aromatic heterocycles. The minimum atomic E-state index is -0.124. The third-order valence-corrected chi connectivity index (χ3v) is 7.34. The molecular formula is C32H17NO3. The Kier molecular flexibility index (Phi) is 3.66. The molecule has 0 fully saturated rings. The average molecular weight is 463 g/mol. The molecule has 0 unspecified atom stereocenters. The predicted octanol–water partition coefficient (Wildman–Crippen LogP) is 7.25. The maximum absolute atomic E-state index is 13.9. The first-order chi connectivity index (χ1) is 17.7. The highest BCUT2D eigenvalue weighted by Crippen LogP contribution is 2.43. The molecule has 0 spiro atoms. The molecule has 36 heavy (non-hydrogen) atoms. The van der Waals surface area contributed by atoms with Crippen molar-refractivity contribution >= 4 is 49.5 Å². The molecule has 2 heterocycles. The molecule has 5 aromatic carbocycles. The predicted molar refractivity (Wildman–Crippen MR) is 143 cm³/mol. The quantitative estimate of drug-likeness (QED) is 0.241. The van der Waals surface area contributed by atoms with Crippen molar-refractivity contribution in [3.8, 4) is 16.8 Å². The largest absolute Gasteiger partial charge is 0.456 e. The summed E-state index contributed by atoms with van der Waals surface area (Å²) in [6.07, 6.45) is 0. The van der Waals surface area contributed by atoms with Gasteiger partial charge in [-0.3, -0.25) is 9.59 Å². The van der Waals surface area contributed by atoms with E-state index in [1.165, 1.54) is 0 Å².